The van der Waals surface area contributed by atoms with Crippen LogP contribution in [0.1, 0.15) is 16.9 Å². The highest BCUT2D eigenvalue weighted by molar-refractivity contribution is 7.18. The molecule has 0 aliphatic carbocycles. The van der Waals surface area contributed by atoms with E-state index < -0.39 is 0 Å². The molecule has 3 aromatic rings. The third-order valence-electron chi connectivity index (χ3n) is 5.49. The van der Waals surface area contributed by atoms with Crippen LogP contribution >= 0.6 is 11.3 Å². The van der Waals surface area contributed by atoms with Crippen molar-refractivity contribution in [2.24, 2.45) is 0 Å². The summed E-state index contributed by atoms with van der Waals surface area (Å²) < 4.78 is 3.20. The number of thiophene rings is 1. The molecule has 2 N–H and O–H groups in total. The van der Waals surface area contributed by atoms with Gasteiger partial charge in [0.2, 0.25) is 0 Å². The minimum atomic E-state index is -0.225. The number of likely N-dealkylation sites (N-methyl/N-ethyl adjacent to an activating group) is 1. The highest BCUT2D eigenvalue weighted by Crippen LogP contribution is 2.30. The molecule has 148 valence electrons. The van der Waals surface area contributed by atoms with Gasteiger partial charge in [-0.15, -0.1) is 11.3 Å². The molecule has 1 aliphatic heterocycles. The monoisotopic (exact) mass is 400 g/mol. The first-order valence-electron chi connectivity index (χ1n) is 9.93. The van der Waals surface area contributed by atoms with Crippen LogP contribution in [0, 0.1) is 0 Å². The van der Waals surface area contributed by atoms with E-state index in [1.54, 1.807) is 11.3 Å². The third kappa shape index (κ3) is 3.34. The molecule has 0 radical (unpaired) electrons. The molecule has 0 amide bonds. The van der Waals surface area contributed by atoms with Crippen molar-refractivity contribution in [3.05, 3.63) is 61.6 Å². The van der Waals surface area contributed by atoms with Crippen LogP contribution in [0.15, 0.2) is 39.9 Å². The predicted molar refractivity (Wildman–Crippen MR) is 113 cm³/mol. The Hall–Kier alpha value is -2.22. The van der Waals surface area contributed by atoms with Crippen molar-refractivity contribution >= 4 is 21.6 Å². The highest BCUT2D eigenvalue weighted by atomic mass is 32.1. The first-order chi connectivity index (χ1) is 13.5. The van der Waals surface area contributed by atoms with Crippen LogP contribution in [0.4, 0.5) is 0 Å². The van der Waals surface area contributed by atoms with Crippen molar-refractivity contribution in [2.45, 2.75) is 25.9 Å². The number of fused-ring (bicyclic) bond motifs is 3. The van der Waals surface area contributed by atoms with Gasteiger partial charge in [0.05, 0.1) is 50.2 Å². The fraction of sp³-hybridized carbons (Fsp3) is 0.429. The zero-order chi connectivity index (χ0) is 19.8. The molecular weight excluding hydrogens is 372 g/mol. The largest absolute Gasteiger partial charge is 0.340 e. The summed E-state index contributed by atoms with van der Waals surface area (Å²) in [6.07, 6.45) is 1.79. The second kappa shape index (κ2) is 7.66. The quantitative estimate of drug-likeness (QED) is 0.596. The number of nitrogens with zero attached hydrogens (tertiary/aromatic N) is 2. The Morgan fingerprint density at radius 2 is 1.93 bits per heavy atom. The molecule has 2 aromatic heterocycles. The average Bonchev–Trinajstić information content (AvgIpc) is 3.03. The Labute approximate surface area is 168 Å². The van der Waals surface area contributed by atoms with E-state index in [1.807, 2.05) is 34.9 Å². The number of quaternary nitrogens is 2. The molecule has 1 atom stereocenters. The van der Waals surface area contributed by atoms with E-state index in [2.05, 4.69) is 21.1 Å². The summed E-state index contributed by atoms with van der Waals surface area (Å²) in [4.78, 5) is 31.7. The molecule has 6 nitrogen and oxygen atoms in total. The number of aromatic nitrogens is 2. The molecule has 1 aliphatic rings. The standard InChI is InChI=1S/C21H26N4O2S/c1-22(2)11-7-12-24-20-18(16-10-13-23(3)14-17(16)28-20)19(26)25(21(24)27)15-8-5-4-6-9-15/h4-6,8-9H,7,10-14H2,1-3H3/p+2. The van der Waals surface area contributed by atoms with Crippen LogP contribution in [0.5, 0.6) is 0 Å². The van der Waals surface area contributed by atoms with Gasteiger partial charge in [-0.3, -0.25) is 9.36 Å². The fourth-order valence-electron chi connectivity index (χ4n) is 4.02. The molecule has 3 heterocycles. The molecule has 0 saturated carbocycles. The number of benzene rings is 1. The van der Waals surface area contributed by atoms with Gasteiger partial charge in [0.25, 0.3) is 5.56 Å². The SMILES string of the molecule is C[NH+](C)CCCn1c(=O)n(-c2ccccc2)c(=O)c2c3c(sc21)C[NH+](C)CC3. The lowest BCUT2D eigenvalue weighted by Gasteiger charge is -2.19. The summed E-state index contributed by atoms with van der Waals surface area (Å²) in [7, 11) is 6.42. The smallest absolute Gasteiger partial charge is 0.336 e. The Morgan fingerprint density at radius 3 is 2.64 bits per heavy atom. The first kappa shape index (κ1) is 19.1. The maximum atomic E-state index is 13.4. The van der Waals surface area contributed by atoms with E-state index in [0.29, 0.717) is 12.2 Å². The summed E-state index contributed by atoms with van der Waals surface area (Å²) >= 11 is 1.64. The molecule has 4 rings (SSSR count). The van der Waals surface area contributed by atoms with Gasteiger partial charge in [-0.2, -0.15) is 0 Å². The maximum absolute atomic E-state index is 13.4. The first-order valence-corrected chi connectivity index (χ1v) is 10.7. The lowest BCUT2D eigenvalue weighted by atomic mass is 10.1. The Morgan fingerprint density at radius 1 is 1.18 bits per heavy atom. The fourth-order valence-corrected chi connectivity index (χ4v) is 5.49. The second-order valence-corrected chi connectivity index (χ2v) is 9.12. The van der Waals surface area contributed by atoms with Crippen molar-refractivity contribution in [3.63, 3.8) is 0 Å². The third-order valence-corrected chi connectivity index (χ3v) is 6.75. The van der Waals surface area contributed by atoms with Crippen LogP contribution in [0.3, 0.4) is 0 Å². The Balaban J connectivity index is 1.97. The van der Waals surface area contributed by atoms with Crippen molar-refractivity contribution < 1.29 is 9.80 Å². The molecule has 1 unspecified atom stereocenters. The number of rotatable bonds is 5. The van der Waals surface area contributed by atoms with E-state index >= 15 is 0 Å². The Kier molecular flexibility index (Phi) is 5.23. The molecule has 0 bridgehead atoms. The van der Waals surface area contributed by atoms with Gasteiger partial charge in [0.1, 0.15) is 11.4 Å². The minimum absolute atomic E-state index is 0.169. The van der Waals surface area contributed by atoms with E-state index in [-0.39, 0.29) is 11.2 Å². The summed E-state index contributed by atoms with van der Waals surface area (Å²) in [6.45, 7) is 3.56. The topological polar surface area (TPSA) is 52.9 Å². The van der Waals surface area contributed by atoms with Crippen molar-refractivity contribution in [1.29, 1.82) is 0 Å². The highest BCUT2D eigenvalue weighted by Gasteiger charge is 2.27. The molecule has 0 fully saturated rings. The summed E-state index contributed by atoms with van der Waals surface area (Å²) in [5.41, 5.74) is 1.41. The average molecular weight is 401 g/mol. The zero-order valence-electron chi connectivity index (χ0n) is 16.7. The maximum Gasteiger partial charge on any atom is 0.336 e. The van der Waals surface area contributed by atoms with Crippen molar-refractivity contribution in [2.75, 3.05) is 34.2 Å². The molecular formula is C21H28N4O2S+2. The lowest BCUT2D eigenvalue weighted by Crippen LogP contribution is -3.08. The number of para-hydroxylation sites is 1. The van der Waals surface area contributed by atoms with E-state index in [1.165, 1.54) is 19.2 Å². The number of nitrogens with one attached hydrogen (secondary N) is 2. The van der Waals surface area contributed by atoms with Crippen LogP contribution < -0.4 is 21.0 Å². The van der Waals surface area contributed by atoms with Crippen molar-refractivity contribution in [3.8, 4) is 5.69 Å². The van der Waals surface area contributed by atoms with Crippen LogP contribution in [-0.4, -0.2) is 43.4 Å². The van der Waals surface area contributed by atoms with Gasteiger partial charge in [0, 0.05) is 19.4 Å². The molecule has 28 heavy (non-hydrogen) atoms. The number of aryl methyl sites for hydroxylation is 1. The number of hydrogen-bond acceptors (Lipinski definition) is 3. The van der Waals surface area contributed by atoms with Gasteiger partial charge in [-0.25, -0.2) is 9.36 Å². The van der Waals surface area contributed by atoms with Gasteiger partial charge in [-0.05, 0) is 17.7 Å². The zero-order valence-corrected chi connectivity index (χ0v) is 17.6. The van der Waals surface area contributed by atoms with Gasteiger partial charge in [0.15, 0.2) is 0 Å². The second-order valence-electron chi connectivity index (χ2n) is 8.04. The predicted octanol–water partition coefficient (Wildman–Crippen LogP) is -0.681. The van der Waals surface area contributed by atoms with Crippen LogP contribution in [0.25, 0.3) is 15.9 Å². The molecule has 0 saturated heterocycles. The summed E-state index contributed by atoms with van der Waals surface area (Å²) in [5.74, 6) is 0. The normalized spacial score (nSPS) is 16.6. The van der Waals surface area contributed by atoms with Gasteiger partial charge < -0.3 is 9.80 Å². The Bertz CT molecular complexity index is 1110. The van der Waals surface area contributed by atoms with Gasteiger partial charge >= 0.3 is 5.69 Å². The van der Waals surface area contributed by atoms with Gasteiger partial charge in [-0.1, -0.05) is 18.2 Å². The summed E-state index contributed by atoms with van der Waals surface area (Å²) in [5, 5.41) is 0.758. The van der Waals surface area contributed by atoms with E-state index in [0.717, 1.165) is 48.3 Å². The van der Waals surface area contributed by atoms with E-state index in [9.17, 15) is 9.59 Å². The lowest BCUT2D eigenvalue weighted by molar-refractivity contribution is -0.895. The van der Waals surface area contributed by atoms with Crippen LogP contribution in [-0.2, 0) is 19.5 Å². The molecule has 0 spiro atoms. The molecule has 7 heteroatoms. The summed E-state index contributed by atoms with van der Waals surface area (Å²) in [6, 6.07) is 9.30. The molecule has 1 aromatic carbocycles. The van der Waals surface area contributed by atoms with Crippen LogP contribution in [0.2, 0.25) is 0 Å². The van der Waals surface area contributed by atoms with E-state index in [4.69, 9.17) is 0 Å². The van der Waals surface area contributed by atoms with Crippen molar-refractivity contribution in [1.82, 2.24) is 9.13 Å². The number of hydrogen-bond donors (Lipinski definition) is 2. The minimum Gasteiger partial charge on any atom is -0.340 e.